The van der Waals surface area contributed by atoms with Crippen LogP contribution in [0.4, 0.5) is 10.1 Å². The second-order valence-electron chi connectivity index (χ2n) is 5.42. The van der Waals surface area contributed by atoms with E-state index in [1.165, 1.54) is 13.2 Å². The monoisotopic (exact) mass is 316 g/mol. The molecule has 1 unspecified atom stereocenters. The molecule has 0 aromatic heterocycles. The Labute approximate surface area is 135 Å². The average molecular weight is 316 g/mol. The lowest BCUT2D eigenvalue weighted by Gasteiger charge is -2.24. The van der Waals surface area contributed by atoms with Crippen LogP contribution in [0.2, 0.25) is 0 Å². The number of nitrogens with zero attached hydrogens (tertiary/aromatic N) is 1. The van der Waals surface area contributed by atoms with Gasteiger partial charge in [0.25, 0.3) is 0 Å². The summed E-state index contributed by atoms with van der Waals surface area (Å²) in [5, 5.41) is 2.86. The molecule has 0 bridgehead atoms. The first-order valence-corrected chi connectivity index (χ1v) is 7.40. The molecule has 0 aliphatic rings. The van der Waals surface area contributed by atoms with Crippen molar-refractivity contribution in [3.63, 3.8) is 0 Å². The summed E-state index contributed by atoms with van der Waals surface area (Å²) < 4.78 is 18.6. The molecule has 1 atom stereocenters. The summed E-state index contributed by atoms with van der Waals surface area (Å²) in [4.78, 5) is 14.1. The highest BCUT2D eigenvalue weighted by molar-refractivity contribution is 5.94. The van der Waals surface area contributed by atoms with Crippen LogP contribution >= 0.6 is 0 Å². The molecule has 0 spiro atoms. The van der Waals surface area contributed by atoms with Gasteiger partial charge in [0.05, 0.1) is 13.2 Å². The van der Waals surface area contributed by atoms with Crippen LogP contribution in [0.25, 0.3) is 0 Å². The number of methoxy groups -OCH3 is 1. The van der Waals surface area contributed by atoms with Gasteiger partial charge in [0, 0.05) is 12.2 Å². The first-order valence-electron chi connectivity index (χ1n) is 7.40. The van der Waals surface area contributed by atoms with Gasteiger partial charge in [-0.3, -0.25) is 9.69 Å². The summed E-state index contributed by atoms with van der Waals surface area (Å²) in [5.41, 5.74) is 1.54. The predicted octanol–water partition coefficient (Wildman–Crippen LogP) is 3.29. The number of amides is 1. The Morgan fingerprint density at radius 1 is 1.26 bits per heavy atom. The zero-order valence-electron chi connectivity index (χ0n) is 13.5. The molecular formula is C18H21FN2O2. The second-order valence-corrected chi connectivity index (χ2v) is 5.42. The highest BCUT2D eigenvalue weighted by atomic mass is 19.1. The fourth-order valence-electron chi connectivity index (χ4n) is 2.20. The number of hydrogen-bond acceptors (Lipinski definition) is 3. The van der Waals surface area contributed by atoms with E-state index < -0.39 is 5.82 Å². The number of hydrogen-bond donors (Lipinski definition) is 1. The standard InChI is InChI=1S/C18H21FN2O2/c1-13(18(22)20-15-7-5-4-6-8-15)21(2)12-14-9-10-17(23-3)16(19)11-14/h4-11,13H,12H2,1-3H3,(H,20,22). The molecule has 1 amide bonds. The predicted molar refractivity (Wildman–Crippen MR) is 89.0 cm³/mol. The van der Waals surface area contributed by atoms with Crippen LogP contribution in [0, 0.1) is 5.82 Å². The average Bonchev–Trinajstić information content (AvgIpc) is 2.55. The van der Waals surface area contributed by atoms with Crippen LogP contribution in [-0.4, -0.2) is 31.0 Å². The lowest BCUT2D eigenvalue weighted by atomic mass is 10.1. The molecule has 0 aliphatic carbocycles. The van der Waals surface area contributed by atoms with Gasteiger partial charge in [-0.1, -0.05) is 24.3 Å². The maximum Gasteiger partial charge on any atom is 0.241 e. The molecule has 5 heteroatoms. The van der Waals surface area contributed by atoms with E-state index in [-0.39, 0.29) is 17.7 Å². The molecule has 4 nitrogen and oxygen atoms in total. The number of para-hydroxylation sites is 1. The van der Waals surface area contributed by atoms with Gasteiger partial charge in [-0.25, -0.2) is 4.39 Å². The quantitative estimate of drug-likeness (QED) is 0.889. The molecule has 122 valence electrons. The highest BCUT2D eigenvalue weighted by Gasteiger charge is 2.18. The lowest BCUT2D eigenvalue weighted by molar-refractivity contribution is -0.120. The molecule has 0 radical (unpaired) electrons. The van der Waals surface area contributed by atoms with E-state index in [2.05, 4.69) is 5.32 Å². The number of rotatable bonds is 6. The molecule has 0 saturated carbocycles. The number of anilines is 1. The molecule has 0 fully saturated rings. The van der Waals surface area contributed by atoms with Gasteiger partial charge in [0.2, 0.25) is 5.91 Å². The minimum absolute atomic E-state index is 0.104. The lowest BCUT2D eigenvalue weighted by Crippen LogP contribution is -2.39. The van der Waals surface area contributed by atoms with Crippen molar-refractivity contribution in [2.75, 3.05) is 19.5 Å². The first-order chi connectivity index (χ1) is 11.0. The van der Waals surface area contributed by atoms with Crippen molar-refractivity contribution >= 4 is 11.6 Å². The SMILES string of the molecule is COc1ccc(CN(C)C(C)C(=O)Nc2ccccc2)cc1F. The van der Waals surface area contributed by atoms with Crippen molar-refractivity contribution < 1.29 is 13.9 Å². The number of halogens is 1. The van der Waals surface area contributed by atoms with E-state index in [0.29, 0.717) is 6.54 Å². The van der Waals surface area contributed by atoms with Crippen molar-refractivity contribution in [3.05, 3.63) is 59.9 Å². The maximum absolute atomic E-state index is 13.7. The fraction of sp³-hybridized carbons (Fsp3) is 0.278. The Morgan fingerprint density at radius 3 is 2.57 bits per heavy atom. The zero-order chi connectivity index (χ0) is 16.8. The smallest absolute Gasteiger partial charge is 0.241 e. The molecule has 1 N–H and O–H groups in total. The van der Waals surface area contributed by atoms with Crippen LogP contribution in [0.3, 0.4) is 0 Å². The molecule has 2 aromatic carbocycles. The topological polar surface area (TPSA) is 41.6 Å². The van der Waals surface area contributed by atoms with Crippen LogP contribution in [0.5, 0.6) is 5.75 Å². The third kappa shape index (κ3) is 4.53. The van der Waals surface area contributed by atoms with Gasteiger partial charge in [-0.05, 0) is 43.8 Å². The summed E-state index contributed by atoms with van der Waals surface area (Å²) in [5.74, 6) is -0.293. The second kappa shape index (κ2) is 7.74. The third-order valence-corrected chi connectivity index (χ3v) is 3.73. The van der Waals surface area contributed by atoms with Crippen LogP contribution in [0.1, 0.15) is 12.5 Å². The van der Waals surface area contributed by atoms with E-state index in [9.17, 15) is 9.18 Å². The molecular weight excluding hydrogens is 295 g/mol. The maximum atomic E-state index is 13.7. The van der Waals surface area contributed by atoms with Crippen molar-refractivity contribution in [3.8, 4) is 5.75 Å². The minimum Gasteiger partial charge on any atom is -0.494 e. The number of benzene rings is 2. The third-order valence-electron chi connectivity index (χ3n) is 3.73. The summed E-state index contributed by atoms with van der Waals surface area (Å²) in [6.07, 6.45) is 0. The van der Waals surface area contributed by atoms with Crippen molar-refractivity contribution in [2.45, 2.75) is 19.5 Å². The molecule has 0 saturated heterocycles. The summed E-state index contributed by atoms with van der Waals surface area (Å²) in [6, 6.07) is 13.8. The normalized spacial score (nSPS) is 12.0. The summed E-state index contributed by atoms with van der Waals surface area (Å²) in [6.45, 7) is 2.28. The van der Waals surface area contributed by atoms with Crippen molar-refractivity contribution in [1.82, 2.24) is 4.90 Å². The molecule has 0 aliphatic heterocycles. The minimum atomic E-state index is -0.403. The molecule has 2 rings (SSSR count). The highest BCUT2D eigenvalue weighted by Crippen LogP contribution is 2.19. The summed E-state index contributed by atoms with van der Waals surface area (Å²) in [7, 11) is 3.26. The molecule has 0 heterocycles. The largest absolute Gasteiger partial charge is 0.494 e. The van der Waals surface area contributed by atoms with Crippen LogP contribution in [0.15, 0.2) is 48.5 Å². The Kier molecular flexibility index (Phi) is 5.71. The number of carbonyl (C=O) groups excluding carboxylic acids is 1. The summed E-state index contributed by atoms with van der Waals surface area (Å²) >= 11 is 0. The molecule has 2 aromatic rings. The van der Waals surface area contributed by atoms with E-state index in [1.807, 2.05) is 49.2 Å². The fourth-order valence-corrected chi connectivity index (χ4v) is 2.20. The van der Waals surface area contributed by atoms with Crippen molar-refractivity contribution in [2.24, 2.45) is 0 Å². The zero-order valence-corrected chi connectivity index (χ0v) is 13.5. The van der Waals surface area contributed by atoms with Gasteiger partial charge in [-0.2, -0.15) is 0 Å². The first kappa shape index (κ1) is 17.0. The van der Waals surface area contributed by atoms with Gasteiger partial charge in [0.15, 0.2) is 11.6 Å². The van der Waals surface area contributed by atoms with Crippen LogP contribution in [-0.2, 0) is 11.3 Å². The van der Waals surface area contributed by atoms with E-state index in [1.54, 1.807) is 12.1 Å². The Balaban J connectivity index is 1.97. The van der Waals surface area contributed by atoms with Crippen molar-refractivity contribution in [1.29, 1.82) is 0 Å². The van der Waals surface area contributed by atoms with Gasteiger partial charge in [-0.15, -0.1) is 0 Å². The molecule has 23 heavy (non-hydrogen) atoms. The Hall–Kier alpha value is -2.40. The Bertz CT molecular complexity index is 661. The number of nitrogens with one attached hydrogen (secondary N) is 1. The van der Waals surface area contributed by atoms with Gasteiger partial charge in [0.1, 0.15) is 0 Å². The number of carbonyl (C=O) groups is 1. The van der Waals surface area contributed by atoms with Gasteiger partial charge < -0.3 is 10.1 Å². The van der Waals surface area contributed by atoms with E-state index in [0.717, 1.165) is 11.3 Å². The van der Waals surface area contributed by atoms with Gasteiger partial charge >= 0.3 is 0 Å². The van der Waals surface area contributed by atoms with E-state index in [4.69, 9.17) is 4.74 Å². The van der Waals surface area contributed by atoms with Crippen LogP contribution < -0.4 is 10.1 Å². The number of ether oxygens (including phenoxy) is 1. The van der Waals surface area contributed by atoms with E-state index >= 15 is 0 Å². The Morgan fingerprint density at radius 2 is 1.96 bits per heavy atom. The number of likely N-dealkylation sites (N-methyl/N-ethyl adjacent to an activating group) is 1.